The van der Waals surface area contributed by atoms with Gasteiger partial charge >= 0.3 is 6.18 Å². The number of nitrogens with zero attached hydrogens (tertiary/aromatic N) is 4. The summed E-state index contributed by atoms with van der Waals surface area (Å²) in [7, 11) is 0. The summed E-state index contributed by atoms with van der Waals surface area (Å²) >= 11 is 0. The first-order chi connectivity index (χ1) is 13.7. The van der Waals surface area contributed by atoms with Gasteiger partial charge in [-0.25, -0.2) is 0 Å². The van der Waals surface area contributed by atoms with Crippen LogP contribution in [0, 0.1) is 6.92 Å². The number of ether oxygens (including phenoxy) is 1. The van der Waals surface area contributed by atoms with Gasteiger partial charge in [0.25, 0.3) is 5.91 Å². The Morgan fingerprint density at radius 3 is 2.52 bits per heavy atom. The first-order valence-corrected chi connectivity index (χ1v) is 8.68. The van der Waals surface area contributed by atoms with Crippen LogP contribution in [0.15, 0.2) is 48.7 Å². The summed E-state index contributed by atoms with van der Waals surface area (Å²) in [4.78, 5) is 18.0. The molecule has 0 radical (unpaired) electrons. The molecule has 1 atom stereocenters. The van der Waals surface area contributed by atoms with Crippen LogP contribution in [0.1, 0.15) is 34.8 Å². The third-order valence-corrected chi connectivity index (χ3v) is 3.94. The molecule has 2 aromatic heterocycles. The molecule has 1 N–H and O–H groups in total. The van der Waals surface area contributed by atoms with Crippen LogP contribution in [-0.2, 0) is 0 Å². The molecular weight excluding hydrogens is 387 g/mol. The number of hydrogen-bond acceptors (Lipinski definition) is 5. The number of para-hydroxylation sites is 1. The second-order valence-electron chi connectivity index (χ2n) is 6.28. The zero-order chi connectivity index (χ0) is 21.0. The quantitative estimate of drug-likeness (QED) is 0.680. The predicted octanol–water partition coefficient (Wildman–Crippen LogP) is 3.40. The summed E-state index contributed by atoms with van der Waals surface area (Å²) in [5.74, 6) is -0.442. The van der Waals surface area contributed by atoms with Crippen molar-refractivity contribution in [2.75, 3.05) is 6.61 Å². The molecule has 1 unspecified atom stereocenters. The van der Waals surface area contributed by atoms with Crippen LogP contribution in [-0.4, -0.2) is 38.7 Å². The van der Waals surface area contributed by atoms with Gasteiger partial charge in [0.2, 0.25) is 0 Å². The average molecular weight is 405 g/mol. The van der Waals surface area contributed by atoms with Gasteiger partial charge in [0.1, 0.15) is 5.75 Å². The lowest BCUT2D eigenvalue weighted by Gasteiger charge is -2.14. The first-order valence-electron chi connectivity index (χ1n) is 8.68. The van der Waals surface area contributed by atoms with Crippen molar-refractivity contribution in [2.24, 2.45) is 0 Å². The normalized spacial score (nSPS) is 12.4. The third kappa shape index (κ3) is 5.31. The van der Waals surface area contributed by atoms with Crippen LogP contribution < -0.4 is 10.1 Å². The Morgan fingerprint density at radius 2 is 1.90 bits per heavy atom. The summed E-state index contributed by atoms with van der Waals surface area (Å²) in [6.45, 7) is 1.99. The molecule has 0 aliphatic heterocycles. The molecular formula is C19H18F3N5O2. The molecule has 3 rings (SSSR count). The Kier molecular flexibility index (Phi) is 5.81. The van der Waals surface area contributed by atoms with E-state index < -0.39 is 24.7 Å². The number of carbonyl (C=O) groups is 1. The Bertz CT molecular complexity index is 972. The largest absolute Gasteiger partial charge is 0.483 e. The van der Waals surface area contributed by atoms with E-state index in [1.807, 2.05) is 30.3 Å². The van der Waals surface area contributed by atoms with Crippen molar-refractivity contribution in [1.29, 1.82) is 0 Å². The number of nitrogens with one attached hydrogen (secondary N) is 1. The smallest absolute Gasteiger partial charge is 0.422 e. The Morgan fingerprint density at radius 1 is 1.17 bits per heavy atom. The van der Waals surface area contributed by atoms with Crippen LogP contribution in [0.2, 0.25) is 0 Å². The van der Waals surface area contributed by atoms with Gasteiger partial charge in [-0.2, -0.15) is 23.1 Å². The molecule has 0 saturated carbocycles. The van der Waals surface area contributed by atoms with E-state index in [1.54, 1.807) is 13.8 Å². The fraction of sp³-hybridized carbons (Fsp3) is 0.263. The van der Waals surface area contributed by atoms with Crippen molar-refractivity contribution in [3.63, 3.8) is 0 Å². The number of rotatable bonds is 6. The second-order valence-corrected chi connectivity index (χ2v) is 6.28. The number of carbonyl (C=O) groups excluding carboxylic acids is 1. The summed E-state index contributed by atoms with van der Waals surface area (Å²) < 4.78 is 41.2. The molecule has 0 aliphatic rings. The summed E-state index contributed by atoms with van der Waals surface area (Å²) in [5, 5.41) is 11.2. The summed E-state index contributed by atoms with van der Waals surface area (Å²) in [6, 6.07) is 11.5. The highest BCUT2D eigenvalue weighted by molar-refractivity contribution is 5.93. The number of aryl methyl sites for hydroxylation is 1. The maximum absolute atomic E-state index is 12.6. The molecule has 29 heavy (non-hydrogen) atoms. The molecule has 2 heterocycles. The molecule has 0 bridgehead atoms. The Balaban J connectivity index is 1.65. The molecule has 3 aromatic rings. The van der Waals surface area contributed by atoms with Crippen molar-refractivity contribution in [1.82, 2.24) is 25.3 Å². The highest BCUT2D eigenvalue weighted by Gasteiger charge is 2.28. The second kappa shape index (κ2) is 8.29. The van der Waals surface area contributed by atoms with Gasteiger partial charge in [0.15, 0.2) is 12.3 Å². The van der Waals surface area contributed by atoms with Gasteiger partial charge in [0.05, 0.1) is 29.3 Å². The lowest BCUT2D eigenvalue weighted by molar-refractivity contribution is -0.153. The molecule has 152 valence electrons. The highest BCUT2D eigenvalue weighted by atomic mass is 19.4. The standard InChI is InChI=1S/C19H18F3N5O2/c1-12(16-9-8-15(10-23-16)29-11-19(20,21)22)24-18(28)17-13(2)25-27(26-17)14-6-4-3-5-7-14/h3-10,12H,11H2,1-2H3,(H,24,28). The van der Waals surface area contributed by atoms with Crippen molar-refractivity contribution >= 4 is 5.91 Å². The highest BCUT2D eigenvalue weighted by Crippen LogP contribution is 2.19. The average Bonchev–Trinajstić information content (AvgIpc) is 3.09. The zero-order valence-corrected chi connectivity index (χ0v) is 15.6. The number of benzene rings is 1. The SMILES string of the molecule is Cc1nn(-c2ccccc2)nc1C(=O)NC(C)c1ccc(OCC(F)(F)F)cn1. The van der Waals surface area contributed by atoms with Crippen LogP contribution >= 0.6 is 0 Å². The molecule has 0 aliphatic carbocycles. The number of amides is 1. The van der Waals surface area contributed by atoms with E-state index in [2.05, 4.69) is 25.2 Å². The number of halogens is 3. The van der Waals surface area contributed by atoms with Crippen molar-refractivity contribution < 1.29 is 22.7 Å². The van der Waals surface area contributed by atoms with Gasteiger partial charge in [-0.05, 0) is 38.1 Å². The molecule has 10 heteroatoms. The van der Waals surface area contributed by atoms with Crippen LogP contribution in [0.4, 0.5) is 13.2 Å². The summed E-state index contributed by atoms with van der Waals surface area (Å²) in [6.07, 6.45) is -3.24. The maximum atomic E-state index is 12.6. The third-order valence-electron chi connectivity index (χ3n) is 3.94. The minimum Gasteiger partial charge on any atom is -0.483 e. The minimum absolute atomic E-state index is 0.00810. The van der Waals surface area contributed by atoms with Crippen LogP contribution in [0.3, 0.4) is 0 Å². The Hall–Kier alpha value is -3.43. The van der Waals surface area contributed by atoms with Gasteiger partial charge in [-0.15, -0.1) is 5.10 Å². The van der Waals surface area contributed by atoms with Gasteiger partial charge in [-0.1, -0.05) is 18.2 Å². The van der Waals surface area contributed by atoms with Gasteiger partial charge < -0.3 is 10.1 Å². The molecule has 1 amide bonds. The van der Waals surface area contributed by atoms with Gasteiger partial charge in [0, 0.05) is 0 Å². The fourth-order valence-electron chi connectivity index (χ4n) is 2.50. The van der Waals surface area contributed by atoms with E-state index in [0.717, 1.165) is 5.69 Å². The van der Waals surface area contributed by atoms with E-state index in [4.69, 9.17) is 0 Å². The minimum atomic E-state index is -4.42. The molecule has 0 saturated heterocycles. The number of alkyl halides is 3. The monoisotopic (exact) mass is 405 g/mol. The number of hydrogen-bond donors (Lipinski definition) is 1. The van der Waals surface area contributed by atoms with E-state index in [9.17, 15) is 18.0 Å². The summed E-state index contributed by atoms with van der Waals surface area (Å²) in [5.41, 5.74) is 1.82. The molecule has 0 spiro atoms. The molecule has 0 fully saturated rings. The van der Waals surface area contributed by atoms with E-state index in [-0.39, 0.29) is 11.4 Å². The van der Waals surface area contributed by atoms with Crippen molar-refractivity contribution in [3.8, 4) is 11.4 Å². The number of pyridine rings is 1. The fourth-order valence-corrected chi connectivity index (χ4v) is 2.50. The number of aromatic nitrogens is 4. The molecule has 1 aromatic carbocycles. The predicted molar refractivity (Wildman–Crippen MR) is 97.8 cm³/mol. The molecule has 7 nitrogen and oxygen atoms in total. The van der Waals surface area contributed by atoms with E-state index in [0.29, 0.717) is 11.4 Å². The van der Waals surface area contributed by atoms with E-state index >= 15 is 0 Å². The topological polar surface area (TPSA) is 81.9 Å². The van der Waals surface area contributed by atoms with Crippen molar-refractivity contribution in [2.45, 2.75) is 26.1 Å². The van der Waals surface area contributed by atoms with Crippen LogP contribution in [0.5, 0.6) is 5.75 Å². The van der Waals surface area contributed by atoms with E-state index in [1.165, 1.54) is 23.1 Å². The van der Waals surface area contributed by atoms with Crippen molar-refractivity contribution in [3.05, 3.63) is 65.7 Å². The Labute approximate surface area is 164 Å². The lowest BCUT2D eigenvalue weighted by atomic mass is 10.2. The van der Waals surface area contributed by atoms with Crippen LogP contribution in [0.25, 0.3) is 5.69 Å². The first kappa shape index (κ1) is 20.3. The zero-order valence-electron chi connectivity index (χ0n) is 15.6. The van der Waals surface area contributed by atoms with Gasteiger partial charge in [-0.3, -0.25) is 9.78 Å². The maximum Gasteiger partial charge on any atom is 0.422 e. The lowest BCUT2D eigenvalue weighted by Crippen LogP contribution is -2.28.